The molecular formula is C33H29ClN4O4. The van der Waals surface area contributed by atoms with Crippen LogP contribution in [0.4, 0.5) is 5.95 Å². The van der Waals surface area contributed by atoms with E-state index in [1.807, 2.05) is 89.9 Å². The van der Waals surface area contributed by atoms with Gasteiger partial charge in [-0.3, -0.25) is 0 Å². The van der Waals surface area contributed by atoms with Crippen molar-refractivity contribution in [3.63, 3.8) is 0 Å². The maximum absolute atomic E-state index is 6.41. The third-order valence-corrected chi connectivity index (χ3v) is 7.56. The van der Waals surface area contributed by atoms with Crippen LogP contribution in [-0.4, -0.2) is 44.1 Å². The molecule has 0 bridgehead atoms. The average molecular weight is 581 g/mol. The lowest BCUT2D eigenvalue weighted by Crippen LogP contribution is -2.22. The first-order valence-electron chi connectivity index (χ1n) is 13.4. The Bertz CT molecular complexity index is 1790. The molecule has 6 rings (SSSR count). The van der Waals surface area contributed by atoms with Crippen LogP contribution >= 0.6 is 11.6 Å². The van der Waals surface area contributed by atoms with Crippen LogP contribution in [-0.2, 0) is 0 Å². The number of benzene rings is 4. The van der Waals surface area contributed by atoms with Crippen molar-refractivity contribution in [2.75, 3.05) is 33.4 Å². The molecule has 0 amide bonds. The summed E-state index contributed by atoms with van der Waals surface area (Å²) in [7, 11) is 6.54. The topological polar surface area (TPSA) is 78.3 Å². The molecule has 4 aromatic carbocycles. The molecule has 2 heterocycles. The standard InChI is InChI=1S/C33H29ClN4O4/c1-39-23-12-15-29(40-2)25(18-23)28-19-27(21-10-14-30(41-3)31(16-21)42-4)37-38(28)33-35-26-13-11-22(34)17-24(26)32(36-33)20-8-6-5-7-9-20/h5-18,28H,19H2,1-4H3. The predicted molar refractivity (Wildman–Crippen MR) is 165 cm³/mol. The number of fused-ring (bicyclic) bond motifs is 1. The average Bonchev–Trinajstić information content (AvgIpc) is 3.49. The highest BCUT2D eigenvalue weighted by Crippen LogP contribution is 2.42. The lowest BCUT2D eigenvalue weighted by Gasteiger charge is -2.25. The first-order chi connectivity index (χ1) is 20.5. The summed E-state index contributed by atoms with van der Waals surface area (Å²) in [6.07, 6.45) is 0.557. The first kappa shape index (κ1) is 27.4. The highest BCUT2D eigenvalue weighted by Gasteiger charge is 2.35. The highest BCUT2D eigenvalue weighted by atomic mass is 35.5. The van der Waals surface area contributed by atoms with Crippen LogP contribution in [0.15, 0.2) is 90.0 Å². The summed E-state index contributed by atoms with van der Waals surface area (Å²) >= 11 is 6.41. The Kier molecular flexibility index (Phi) is 7.54. The number of hydrazone groups is 1. The molecule has 1 aliphatic rings. The van der Waals surface area contributed by atoms with E-state index in [0.29, 0.717) is 40.4 Å². The summed E-state index contributed by atoms with van der Waals surface area (Å²) in [5, 5.41) is 8.45. The molecule has 5 aromatic rings. The molecule has 0 radical (unpaired) electrons. The second kappa shape index (κ2) is 11.6. The summed E-state index contributed by atoms with van der Waals surface area (Å²) in [5.41, 5.74) is 5.12. The SMILES string of the molecule is COc1ccc(OC)c(C2CC(c3ccc(OC)c(OC)c3)=NN2c2nc(-c3ccccc3)c3cc(Cl)ccc3n2)c1. The van der Waals surface area contributed by atoms with Gasteiger partial charge in [0.05, 0.1) is 51.4 Å². The van der Waals surface area contributed by atoms with Gasteiger partial charge in [-0.05, 0) is 54.6 Å². The van der Waals surface area contributed by atoms with Gasteiger partial charge in [-0.25, -0.2) is 15.0 Å². The van der Waals surface area contributed by atoms with Crippen molar-refractivity contribution in [3.05, 3.63) is 101 Å². The Morgan fingerprint density at radius 1 is 0.714 bits per heavy atom. The van der Waals surface area contributed by atoms with E-state index < -0.39 is 0 Å². The Morgan fingerprint density at radius 3 is 2.21 bits per heavy atom. The number of halogens is 1. The van der Waals surface area contributed by atoms with E-state index in [9.17, 15) is 0 Å². The number of aromatic nitrogens is 2. The molecule has 42 heavy (non-hydrogen) atoms. The van der Waals surface area contributed by atoms with Gasteiger partial charge in [0.1, 0.15) is 11.5 Å². The summed E-state index contributed by atoms with van der Waals surface area (Å²) in [6.45, 7) is 0. The van der Waals surface area contributed by atoms with Gasteiger partial charge in [0, 0.05) is 33.5 Å². The third-order valence-electron chi connectivity index (χ3n) is 7.32. The Hall–Kier alpha value is -4.82. The van der Waals surface area contributed by atoms with Gasteiger partial charge in [0.2, 0.25) is 5.95 Å². The van der Waals surface area contributed by atoms with Crippen molar-refractivity contribution in [3.8, 4) is 34.3 Å². The zero-order chi connectivity index (χ0) is 29.2. The molecule has 0 saturated carbocycles. The fourth-order valence-corrected chi connectivity index (χ4v) is 5.41. The molecule has 1 aromatic heterocycles. The van der Waals surface area contributed by atoms with Crippen LogP contribution in [0.2, 0.25) is 5.02 Å². The van der Waals surface area contributed by atoms with E-state index in [-0.39, 0.29) is 6.04 Å². The van der Waals surface area contributed by atoms with Gasteiger partial charge >= 0.3 is 0 Å². The molecule has 1 atom stereocenters. The molecule has 0 spiro atoms. The molecule has 1 unspecified atom stereocenters. The molecule has 0 aliphatic carbocycles. The van der Waals surface area contributed by atoms with Crippen molar-refractivity contribution < 1.29 is 18.9 Å². The molecule has 0 fully saturated rings. The van der Waals surface area contributed by atoms with Gasteiger partial charge in [-0.1, -0.05) is 41.9 Å². The zero-order valence-corrected chi connectivity index (χ0v) is 24.4. The van der Waals surface area contributed by atoms with Gasteiger partial charge in [0.15, 0.2) is 11.5 Å². The van der Waals surface area contributed by atoms with Crippen LogP contribution in [0.5, 0.6) is 23.0 Å². The van der Waals surface area contributed by atoms with Crippen molar-refractivity contribution in [2.45, 2.75) is 12.5 Å². The molecule has 0 N–H and O–H groups in total. The lowest BCUT2D eigenvalue weighted by atomic mass is 9.97. The number of rotatable bonds is 8. The predicted octanol–water partition coefficient (Wildman–Crippen LogP) is 7.34. The van der Waals surface area contributed by atoms with E-state index in [1.165, 1.54) is 0 Å². The highest BCUT2D eigenvalue weighted by molar-refractivity contribution is 6.31. The summed E-state index contributed by atoms with van der Waals surface area (Å²) in [5.74, 6) is 3.15. The van der Waals surface area contributed by atoms with E-state index in [2.05, 4.69) is 0 Å². The number of anilines is 1. The van der Waals surface area contributed by atoms with Crippen LogP contribution in [0.1, 0.15) is 23.6 Å². The third kappa shape index (κ3) is 5.05. The molecule has 1 aliphatic heterocycles. The number of ether oxygens (including phenoxy) is 4. The Balaban J connectivity index is 1.56. The van der Waals surface area contributed by atoms with Crippen molar-refractivity contribution in [1.82, 2.24) is 9.97 Å². The number of methoxy groups -OCH3 is 4. The fourth-order valence-electron chi connectivity index (χ4n) is 5.23. The van der Waals surface area contributed by atoms with E-state index in [1.54, 1.807) is 28.4 Å². The second-order valence-electron chi connectivity index (χ2n) is 9.69. The quantitative estimate of drug-likeness (QED) is 0.190. The fraction of sp³-hybridized carbons (Fsp3) is 0.182. The summed E-state index contributed by atoms with van der Waals surface area (Å²) < 4.78 is 22.4. The second-order valence-corrected chi connectivity index (χ2v) is 10.1. The van der Waals surface area contributed by atoms with Gasteiger partial charge in [-0.15, -0.1) is 0 Å². The number of hydrogen-bond donors (Lipinski definition) is 0. The molecule has 8 nitrogen and oxygen atoms in total. The number of nitrogens with zero attached hydrogens (tertiary/aromatic N) is 4. The van der Waals surface area contributed by atoms with Crippen LogP contribution < -0.4 is 24.0 Å². The summed E-state index contributed by atoms with van der Waals surface area (Å²) in [4.78, 5) is 10.1. The Labute approximate surface area is 249 Å². The maximum atomic E-state index is 6.41. The number of hydrogen-bond acceptors (Lipinski definition) is 8. The van der Waals surface area contributed by atoms with Crippen molar-refractivity contribution >= 4 is 34.2 Å². The summed E-state index contributed by atoms with van der Waals surface area (Å²) in [6, 6.07) is 26.9. The van der Waals surface area contributed by atoms with Gasteiger partial charge in [-0.2, -0.15) is 5.10 Å². The lowest BCUT2D eigenvalue weighted by molar-refractivity contribution is 0.355. The van der Waals surface area contributed by atoms with E-state index in [4.69, 9.17) is 45.6 Å². The van der Waals surface area contributed by atoms with Crippen molar-refractivity contribution in [1.29, 1.82) is 0 Å². The van der Waals surface area contributed by atoms with Gasteiger partial charge in [0.25, 0.3) is 0 Å². The van der Waals surface area contributed by atoms with Crippen molar-refractivity contribution in [2.24, 2.45) is 5.10 Å². The van der Waals surface area contributed by atoms with E-state index in [0.717, 1.165) is 39.0 Å². The van der Waals surface area contributed by atoms with Crippen LogP contribution in [0.3, 0.4) is 0 Å². The molecule has 9 heteroatoms. The van der Waals surface area contributed by atoms with Gasteiger partial charge < -0.3 is 18.9 Å². The molecule has 212 valence electrons. The first-order valence-corrected chi connectivity index (χ1v) is 13.7. The minimum atomic E-state index is -0.286. The Morgan fingerprint density at radius 2 is 1.48 bits per heavy atom. The molecule has 0 saturated heterocycles. The zero-order valence-electron chi connectivity index (χ0n) is 23.7. The monoisotopic (exact) mass is 580 g/mol. The van der Waals surface area contributed by atoms with Crippen LogP contribution in [0.25, 0.3) is 22.2 Å². The van der Waals surface area contributed by atoms with E-state index >= 15 is 0 Å². The molecular weight excluding hydrogens is 552 g/mol. The normalized spacial score (nSPS) is 14.5. The minimum absolute atomic E-state index is 0.286. The maximum Gasteiger partial charge on any atom is 0.247 e. The van der Waals surface area contributed by atoms with Crippen LogP contribution in [0, 0.1) is 0 Å². The smallest absolute Gasteiger partial charge is 0.247 e. The largest absolute Gasteiger partial charge is 0.497 e. The minimum Gasteiger partial charge on any atom is -0.497 e.